The van der Waals surface area contributed by atoms with Gasteiger partial charge in [-0.1, -0.05) is 77.9 Å². The first kappa shape index (κ1) is 35.0. The lowest BCUT2D eigenvalue weighted by Crippen LogP contribution is -2.54. The smallest absolute Gasteiger partial charge is 0.264 e. The number of sulfonamides is 1. The van der Waals surface area contributed by atoms with Gasteiger partial charge in [0, 0.05) is 25.1 Å². The number of aryl methyl sites for hydroxylation is 2. The van der Waals surface area contributed by atoms with Crippen molar-refractivity contribution in [3.63, 3.8) is 0 Å². The van der Waals surface area contributed by atoms with E-state index in [4.69, 9.17) is 9.47 Å². The Labute approximate surface area is 278 Å². The number of nitrogens with zero attached hydrogens (tertiary/aromatic N) is 2. The lowest BCUT2D eigenvalue weighted by molar-refractivity contribution is -0.140. The van der Waals surface area contributed by atoms with Crippen LogP contribution in [-0.2, 0) is 32.6 Å². The van der Waals surface area contributed by atoms with Crippen molar-refractivity contribution in [2.45, 2.75) is 57.6 Å². The molecule has 0 saturated heterocycles. The summed E-state index contributed by atoms with van der Waals surface area (Å²) >= 11 is 0. The number of rotatable bonds is 14. The van der Waals surface area contributed by atoms with E-state index >= 15 is 0 Å². The second-order valence-corrected chi connectivity index (χ2v) is 13.6. The first-order valence-electron chi connectivity index (χ1n) is 15.4. The highest BCUT2D eigenvalue weighted by atomic mass is 32.2. The highest BCUT2D eigenvalue weighted by Crippen LogP contribution is 2.32. The first-order valence-corrected chi connectivity index (χ1v) is 16.9. The van der Waals surface area contributed by atoms with Crippen LogP contribution in [0.3, 0.4) is 0 Å². The molecule has 4 aromatic rings. The lowest BCUT2D eigenvalue weighted by atomic mass is 10.0. The molecule has 9 nitrogen and oxygen atoms in total. The van der Waals surface area contributed by atoms with Gasteiger partial charge in [0.2, 0.25) is 11.8 Å². The quantitative estimate of drug-likeness (QED) is 0.187. The molecule has 10 heteroatoms. The molecule has 0 fully saturated rings. The summed E-state index contributed by atoms with van der Waals surface area (Å²) in [6, 6.07) is 27.3. The Kier molecular flexibility index (Phi) is 11.7. The van der Waals surface area contributed by atoms with Crippen molar-refractivity contribution >= 4 is 27.5 Å². The molecule has 1 N–H and O–H groups in total. The summed E-state index contributed by atoms with van der Waals surface area (Å²) in [4.78, 5) is 29.9. The van der Waals surface area contributed by atoms with Gasteiger partial charge in [-0.25, -0.2) is 8.42 Å². The first-order chi connectivity index (χ1) is 22.4. The Bertz CT molecular complexity index is 1780. The van der Waals surface area contributed by atoms with E-state index < -0.39 is 28.5 Å². The number of ether oxygens (including phenoxy) is 2. The minimum Gasteiger partial charge on any atom is -0.493 e. The third-order valence-corrected chi connectivity index (χ3v) is 9.45. The normalized spacial score (nSPS) is 11.9. The van der Waals surface area contributed by atoms with Crippen molar-refractivity contribution in [3.05, 3.63) is 119 Å². The number of hydrogen-bond acceptors (Lipinski definition) is 6. The van der Waals surface area contributed by atoms with Gasteiger partial charge in [-0.2, -0.15) is 0 Å². The Morgan fingerprint density at radius 3 is 2.04 bits per heavy atom. The molecular formula is C37H43N3O6S. The summed E-state index contributed by atoms with van der Waals surface area (Å²) in [5.41, 5.74) is 3.92. The predicted molar refractivity (Wildman–Crippen MR) is 184 cm³/mol. The van der Waals surface area contributed by atoms with E-state index in [1.165, 1.54) is 37.3 Å². The topological polar surface area (TPSA) is 105 Å². The van der Waals surface area contributed by atoms with Crippen LogP contribution in [-0.4, -0.2) is 58.0 Å². The van der Waals surface area contributed by atoms with E-state index in [-0.39, 0.29) is 35.6 Å². The molecular weight excluding hydrogens is 614 g/mol. The number of anilines is 1. The van der Waals surface area contributed by atoms with Crippen molar-refractivity contribution in [1.82, 2.24) is 10.2 Å². The van der Waals surface area contributed by atoms with Crippen LogP contribution in [0.25, 0.3) is 0 Å². The highest BCUT2D eigenvalue weighted by molar-refractivity contribution is 7.92. The molecule has 0 heterocycles. The van der Waals surface area contributed by atoms with E-state index in [2.05, 4.69) is 5.32 Å². The van der Waals surface area contributed by atoms with E-state index in [1.807, 2.05) is 82.3 Å². The van der Waals surface area contributed by atoms with Crippen LogP contribution in [0.4, 0.5) is 5.69 Å². The summed E-state index contributed by atoms with van der Waals surface area (Å²) in [5, 5.41) is 2.98. The number of amides is 2. The van der Waals surface area contributed by atoms with Crippen LogP contribution in [0.5, 0.6) is 11.5 Å². The average molecular weight is 658 g/mol. The molecule has 0 unspecified atom stereocenters. The van der Waals surface area contributed by atoms with Gasteiger partial charge < -0.3 is 19.7 Å². The van der Waals surface area contributed by atoms with Crippen LogP contribution < -0.4 is 19.1 Å². The largest absolute Gasteiger partial charge is 0.493 e. The maximum atomic E-state index is 14.6. The minimum atomic E-state index is -4.31. The second-order valence-electron chi connectivity index (χ2n) is 11.7. The minimum absolute atomic E-state index is 0.0767. The summed E-state index contributed by atoms with van der Waals surface area (Å²) in [5.74, 6) is -0.253. The fourth-order valence-electron chi connectivity index (χ4n) is 5.29. The van der Waals surface area contributed by atoms with Gasteiger partial charge in [0.05, 0.1) is 24.8 Å². The van der Waals surface area contributed by atoms with Crippen LogP contribution in [0.2, 0.25) is 0 Å². The molecule has 0 aromatic heterocycles. The van der Waals surface area contributed by atoms with Gasteiger partial charge in [-0.3, -0.25) is 13.9 Å². The maximum absolute atomic E-state index is 14.6. The summed E-state index contributed by atoms with van der Waals surface area (Å²) in [6.45, 7) is 7.12. The van der Waals surface area contributed by atoms with Gasteiger partial charge in [-0.15, -0.1) is 0 Å². The molecule has 0 bridgehead atoms. The van der Waals surface area contributed by atoms with E-state index in [0.29, 0.717) is 11.4 Å². The van der Waals surface area contributed by atoms with E-state index in [0.717, 1.165) is 26.6 Å². The van der Waals surface area contributed by atoms with Crippen molar-refractivity contribution in [1.29, 1.82) is 0 Å². The number of carbonyl (C=O) groups is 2. The van der Waals surface area contributed by atoms with Crippen molar-refractivity contribution in [2.75, 3.05) is 25.1 Å². The molecule has 0 aliphatic heterocycles. The van der Waals surface area contributed by atoms with Gasteiger partial charge >= 0.3 is 0 Å². The fraction of sp³-hybridized carbons (Fsp3) is 0.297. The number of carbonyl (C=O) groups excluding carboxylic acids is 2. The second kappa shape index (κ2) is 15.6. The SMILES string of the molecule is COc1ccc(S(=O)(=O)N(CC(=O)N(Cc2cccc(C)c2)[C@@H](Cc2ccccc2)C(=O)NC(C)C)c2ccc(C)cc2)cc1OC. The maximum Gasteiger partial charge on any atom is 0.264 e. The van der Waals surface area contributed by atoms with Gasteiger partial charge in [-0.05, 0) is 63.1 Å². The van der Waals surface area contributed by atoms with E-state index in [1.54, 1.807) is 24.3 Å². The Morgan fingerprint density at radius 1 is 0.766 bits per heavy atom. The van der Waals surface area contributed by atoms with Crippen LogP contribution in [0.1, 0.15) is 36.1 Å². The molecule has 1 atom stereocenters. The van der Waals surface area contributed by atoms with Crippen LogP contribution >= 0.6 is 0 Å². The van der Waals surface area contributed by atoms with Gasteiger partial charge in [0.1, 0.15) is 12.6 Å². The average Bonchev–Trinajstić information content (AvgIpc) is 3.05. The molecule has 2 amide bonds. The third-order valence-electron chi connectivity index (χ3n) is 7.68. The summed E-state index contributed by atoms with van der Waals surface area (Å²) in [6.07, 6.45) is 0.240. The van der Waals surface area contributed by atoms with Gasteiger partial charge in [0.25, 0.3) is 10.0 Å². The Morgan fingerprint density at radius 2 is 1.43 bits per heavy atom. The van der Waals surface area contributed by atoms with Crippen LogP contribution in [0.15, 0.2) is 102 Å². The molecule has 248 valence electrons. The summed E-state index contributed by atoms with van der Waals surface area (Å²) < 4.78 is 40.5. The zero-order valence-electron chi connectivity index (χ0n) is 27.8. The molecule has 0 aliphatic rings. The monoisotopic (exact) mass is 657 g/mol. The Hall–Kier alpha value is -4.83. The zero-order valence-corrected chi connectivity index (χ0v) is 28.6. The fourth-order valence-corrected chi connectivity index (χ4v) is 6.72. The third kappa shape index (κ3) is 8.92. The van der Waals surface area contributed by atoms with Crippen LogP contribution in [0, 0.1) is 13.8 Å². The number of methoxy groups -OCH3 is 2. The zero-order chi connectivity index (χ0) is 34.1. The van der Waals surface area contributed by atoms with Crippen molar-refractivity contribution in [2.24, 2.45) is 0 Å². The molecule has 0 saturated carbocycles. The standard InChI is InChI=1S/C37H43N3O6S/c1-26(2)38-37(42)33(22-29-12-8-7-9-13-29)39(24-30-14-10-11-28(4)21-30)36(41)25-40(31-17-15-27(3)16-18-31)47(43,44)32-19-20-34(45-5)35(23-32)46-6/h7-21,23,26,33H,22,24-25H2,1-6H3,(H,38,42)/t33-/m0/s1. The number of hydrogen-bond donors (Lipinski definition) is 1. The molecule has 0 radical (unpaired) electrons. The summed E-state index contributed by atoms with van der Waals surface area (Å²) in [7, 11) is -1.42. The highest BCUT2D eigenvalue weighted by Gasteiger charge is 2.35. The molecule has 47 heavy (non-hydrogen) atoms. The van der Waals surface area contributed by atoms with Crippen molar-refractivity contribution in [3.8, 4) is 11.5 Å². The predicted octanol–water partition coefficient (Wildman–Crippen LogP) is 5.68. The molecule has 0 spiro atoms. The number of benzene rings is 4. The molecule has 4 rings (SSSR count). The van der Waals surface area contributed by atoms with Gasteiger partial charge in [0.15, 0.2) is 11.5 Å². The molecule has 4 aromatic carbocycles. The molecule has 0 aliphatic carbocycles. The number of nitrogens with one attached hydrogen (secondary N) is 1. The van der Waals surface area contributed by atoms with E-state index in [9.17, 15) is 18.0 Å². The Balaban J connectivity index is 1.83. The lowest BCUT2D eigenvalue weighted by Gasteiger charge is -2.34. The van der Waals surface area contributed by atoms with Crippen molar-refractivity contribution < 1.29 is 27.5 Å².